The van der Waals surface area contributed by atoms with E-state index in [0.29, 0.717) is 24.3 Å². The zero-order chi connectivity index (χ0) is 15.7. The van der Waals surface area contributed by atoms with Gasteiger partial charge in [-0.25, -0.2) is 0 Å². The highest BCUT2D eigenvalue weighted by Crippen LogP contribution is 2.51. The van der Waals surface area contributed by atoms with Gasteiger partial charge in [0.1, 0.15) is 0 Å². The van der Waals surface area contributed by atoms with Gasteiger partial charge in [-0.05, 0) is 13.3 Å². The highest BCUT2D eigenvalue weighted by atomic mass is 127. The van der Waals surface area contributed by atoms with Crippen LogP contribution in [-0.2, 0) is 11.3 Å². The van der Waals surface area contributed by atoms with E-state index in [1.165, 1.54) is 0 Å². The van der Waals surface area contributed by atoms with Crippen molar-refractivity contribution in [1.82, 2.24) is 20.8 Å². The number of methoxy groups -OCH3 is 1. The van der Waals surface area contributed by atoms with Crippen LogP contribution in [0, 0.1) is 12.3 Å². The Morgan fingerprint density at radius 3 is 2.59 bits per heavy atom. The third-order valence-corrected chi connectivity index (χ3v) is 4.80. The van der Waals surface area contributed by atoms with Gasteiger partial charge < -0.3 is 19.9 Å². The fourth-order valence-corrected chi connectivity index (χ4v) is 2.66. The first kappa shape index (κ1) is 19.1. The third kappa shape index (κ3) is 3.53. The summed E-state index contributed by atoms with van der Waals surface area (Å²) in [6.45, 7) is 8.79. The second-order valence-corrected chi connectivity index (χ2v) is 6.21. The van der Waals surface area contributed by atoms with Crippen molar-refractivity contribution in [2.45, 2.75) is 52.3 Å². The Bertz CT molecular complexity index is 531. The first-order valence-electron chi connectivity index (χ1n) is 7.14. The summed E-state index contributed by atoms with van der Waals surface area (Å²) in [4.78, 5) is 8.39. The summed E-state index contributed by atoms with van der Waals surface area (Å²) in [5, 5.41) is 10.5. The number of rotatable bonds is 4. The summed E-state index contributed by atoms with van der Waals surface area (Å²) >= 11 is 0. The fourth-order valence-electron chi connectivity index (χ4n) is 2.66. The molecule has 2 N–H and O–H groups in total. The molecule has 2 unspecified atom stereocenters. The molecule has 7 nitrogen and oxygen atoms in total. The average Bonchev–Trinajstić information content (AvgIpc) is 2.87. The molecule has 1 heterocycles. The number of halogens is 1. The van der Waals surface area contributed by atoms with Crippen LogP contribution in [0.25, 0.3) is 0 Å². The van der Waals surface area contributed by atoms with E-state index in [4.69, 9.17) is 9.26 Å². The van der Waals surface area contributed by atoms with Gasteiger partial charge in [0, 0.05) is 32.5 Å². The summed E-state index contributed by atoms with van der Waals surface area (Å²) in [5.41, 5.74) is -0.0730. The van der Waals surface area contributed by atoms with E-state index in [-0.39, 0.29) is 35.0 Å². The second kappa shape index (κ2) is 7.12. The van der Waals surface area contributed by atoms with Crippen LogP contribution in [0.4, 0.5) is 0 Å². The van der Waals surface area contributed by atoms with Gasteiger partial charge in [0.25, 0.3) is 0 Å². The Balaban J connectivity index is 0.00000242. The van der Waals surface area contributed by atoms with Crippen LogP contribution in [0.2, 0.25) is 0 Å². The molecule has 2 rings (SSSR count). The largest absolute Gasteiger partial charge is 0.378 e. The van der Waals surface area contributed by atoms with Gasteiger partial charge >= 0.3 is 0 Å². The number of guanidine groups is 1. The average molecular weight is 423 g/mol. The number of nitrogens with zero attached hydrogens (tertiary/aromatic N) is 3. The summed E-state index contributed by atoms with van der Waals surface area (Å²) in [6, 6.07) is 0.306. The first-order valence-corrected chi connectivity index (χ1v) is 7.14. The SMILES string of the molecule is CN=C(NCc1noc(C)n1)NC1CC(C)(OC)C1(C)C.I. The molecule has 0 aromatic carbocycles. The lowest BCUT2D eigenvalue weighted by Crippen LogP contribution is -2.69. The molecule has 1 saturated carbocycles. The molecule has 0 spiro atoms. The Morgan fingerprint density at radius 1 is 1.45 bits per heavy atom. The van der Waals surface area contributed by atoms with Gasteiger partial charge in [0.2, 0.25) is 5.89 Å². The number of aryl methyl sites for hydroxylation is 1. The maximum atomic E-state index is 5.63. The zero-order valence-electron chi connectivity index (χ0n) is 14.1. The Morgan fingerprint density at radius 2 is 2.14 bits per heavy atom. The molecule has 8 heteroatoms. The number of hydrogen-bond donors (Lipinski definition) is 2. The minimum atomic E-state index is -0.103. The number of hydrogen-bond acceptors (Lipinski definition) is 5. The van der Waals surface area contributed by atoms with Crippen molar-refractivity contribution in [3.8, 4) is 0 Å². The molecule has 0 saturated heterocycles. The maximum absolute atomic E-state index is 5.63. The van der Waals surface area contributed by atoms with Gasteiger partial charge in [-0.15, -0.1) is 24.0 Å². The van der Waals surface area contributed by atoms with E-state index in [0.717, 1.165) is 12.4 Å². The van der Waals surface area contributed by atoms with Crippen molar-refractivity contribution in [3.63, 3.8) is 0 Å². The van der Waals surface area contributed by atoms with E-state index in [9.17, 15) is 0 Å². The Labute approximate surface area is 148 Å². The molecule has 126 valence electrons. The summed E-state index contributed by atoms with van der Waals surface area (Å²) < 4.78 is 10.6. The standard InChI is InChI=1S/C14H25N5O2.HI/c1-9-17-11(19-21-9)8-16-12(15-5)18-10-7-14(4,20-6)13(10,2)3;/h10H,7-8H2,1-6H3,(H2,15,16,18);1H. The lowest BCUT2D eigenvalue weighted by molar-refractivity contribution is -0.176. The number of nitrogens with one attached hydrogen (secondary N) is 2. The van der Waals surface area contributed by atoms with Crippen LogP contribution in [-0.4, -0.2) is 41.9 Å². The van der Waals surface area contributed by atoms with Crippen LogP contribution in [0.3, 0.4) is 0 Å². The predicted octanol–water partition coefficient (Wildman–Crippen LogP) is 1.86. The van der Waals surface area contributed by atoms with Gasteiger partial charge in [-0.2, -0.15) is 4.98 Å². The van der Waals surface area contributed by atoms with Crippen molar-refractivity contribution in [2.75, 3.05) is 14.2 Å². The number of ether oxygens (including phenoxy) is 1. The van der Waals surface area contributed by atoms with Gasteiger partial charge in [0.05, 0.1) is 12.1 Å². The fraction of sp³-hybridized carbons (Fsp3) is 0.786. The van der Waals surface area contributed by atoms with Crippen molar-refractivity contribution in [1.29, 1.82) is 0 Å². The molecule has 22 heavy (non-hydrogen) atoms. The van der Waals surface area contributed by atoms with Crippen LogP contribution in [0.1, 0.15) is 38.9 Å². The Hall–Kier alpha value is -0.900. The molecule has 1 aliphatic carbocycles. The van der Waals surface area contributed by atoms with E-state index in [1.54, 1.807) is 21.1 Å². The molecule has 0 radical (unpaired) electrons. The van der Waals surface area contributed by atoms with Gasteiger partial charge in [-0.3, -0.25) is 4.99 Å². The van der Waals surface area contributed by atoms with Crippen molar-refractivity contribution >= 4 is 29.9 Å². The second-order valence-electron chi connectivity index (χ2n) is 6.21. The van der Waals surface area contributed by atoms with Crippen molar-refractivity contribution in [3.05, 3.63) is 11.7 Å². The number of aliphatic imine (C=N–C) groups is 1. The molecule has 1 aromatic rings. The van der Waals surface area contributed by atoms with Crippen LogP contribution >= 0.6 is 24.0 Å². The molecule has 0 amide bonds. The normalized spacial score (nSPS) is 26.8. The predicted molar refractivity (Wildman–Crippen MR) is 95.4 cm³/mol. The van der Waals surface area contributed by atoms with Gasteiger partial charge in [-0.1, -0.05) is 19.0 Å². The minimum Gasteiger partial charge on any atom is -0.378 e. The molecular formula is C14H26IN5O2. The summed E-state index contributed by atoms with van der Waals surface area (Å²) in [6.07, 6.45) is 0.943. The topological polar surface area (TPSA) is 84.6 Å². The third-order valence-electron chi connectivity index (χ3n) is 4.80. The molecule has 0 aliphatic heterocycles. The zero-order valence-corrected chi connectivity index (χ0v) is 16.4. The Kier molecular flexibility index (Phi) is 6.19. The lowest BCUT2D eigenvalue weighted by atomic mass is 9.56. The lowest BCUT2D eigenvalue weighted by Gasteiger charge is -2.59. The van der Waals surface area contributed by atoms with Crippen LogP contribution < -0.4 is 10.6 Å². The molecule has 1 aromatic heterocycles. The molecule has 1 fully saturated rings. The van der Waals surface area contributed by atoms with E-state index in [1.807, 2.05) is 0 Å². The molecule has 0 bridgehead atoms. The van der Waals surface area contributed by atoms with Crippen LogP contribution in [0.15, 0.2) is 9.52 Å². The van der Waals surface area contributed by atoms with E-state index in [2.05, 4.69) is 46.5 Å². The van der Waals surface area contributed by atoms with Crippen molar-refractivity contribution in [2.24, 2.45) is 10.4 Å². The quantitative estimate of drug-likeness (QED) is 0.437. The van der Waals surface area contributed by atoms with Gasteiger partial charge in [0.15, 0.2) is 11.8 Å². The van der Waals surface area contributed by atoms with Crippen LogP contribution in [0.5, 0.6) is 0 Å². The summed E-state index contributed by atoms with van der Waals surface area (Å²) in [5.74, 6) is 1.91. The summed E-state index contributed by atoms with van der Waals surface area (Å²) in [7, 11) is 3.52. The first-order chi connectivity index (χ1) is 9.82. The highest BCUT2D eigenvalue weighted by Gasteiger charge is 2.58. The van der Waals surface area contributed by atoms with E-state index >= 15 is 0 Å². The smallest absolute Gasteiger partial charge is 0.223 e. The highest BCUT2D eigenvalue weighted by molar-refractivity contribution is 14.0. The molecule has 2 atom stereocenters. The van der Waals surface area contributed by atoms with Crippen molar-refractivity contribution < 1.29 is 9.26 Å². The maximum Gasteiger partial charge on any atom is 0.223 e. The monoisotopic (exact) mass is 423 g/mol. The molecule has 1 aliphatic rings. The minimum absolute atomic E-state index is 0. The molecular weight excluding hydrogens is 397 g/mol. The number of aromatic nitrogens is 2. The van der Waals surface area contributed by atoms with E-state index < -0.39 is 0 Å².